The van der Waals surface area contributed by atoms with Crippen LogP contribution >= 0.6 is 0 Å². The van der Waals surface area contributed by atoms with Gasteiger partial charge in [0.25, 0.3) is 0 Å². The van der Waals surface area contributed by atoms with Gasteiger partial charge in [-0.15, -0.1) is 0 Å². The summed E-state index contributed by atoms with van der Waals surface area (Å²) in [6, 6.07) is 8.29. The van der Waals surface area contributed by atoms with E-state index in [0.717, 1.165) is 31.8 Å². The van der Waals surface area contributed by atoms with Crippen LogP contribution in [0.5, 0.6) is 5.75 Å². The maximum absolute atomic E-state index is 9.97. The normalized spacial score (nSPS) is 30.5. The number of fused-ring (bicyclic) bond motifs is 1. The molecular formula is C16H23NO2. The first-order valence-corrected chi connectivity index (χ1v) is 7.39. The number of nitrogens with zero attached hydrogens (tertiary/aromatic N) is 1. The van der Waals surface area contributed by atoms with Gasteiger partial charge in [0.1, 0.15) is 5.75 Å². The number of aliphatic hydroxyl groups is 1. The molecule has 1 aromatic rings. The molecule has 1 N–H and O–H groups in total. The van der Waals surface area contributed by atoms with Crippen molar-refractivity contribution in [3.63, 3.8) is 0 Å². The second-order valence-electron chi connectivity index (χ2n) is 5.80. The minimum atomic E-state index is -0.0721. The number of ether oxygens (including phenoxy) is 1. The number of likely N-dealkylation sites (tertiary alicyclic amines) is 1. The Bertz CT molecular complexity index is 435. The Hall–Kier alpha value is -1.06. The lowest BCUT2D eigenvalue weighted by Crippen LogP contribution is -2.24. The number of para-hydroxylation sites is 1. The maximum Gasteiger partial charge on any atom is 0.123 e. The van der Waals surface area contributed by atoms with Crippen LogP contribution in [0.1, 0.15) is 25.3 Å². The fourth-order valence-electron chi connectivity index (χ4n) is 3.63. The quantitative estimate of drug-likeness (QED) is 0.902. The topological polar surface area (TPSA) is 32.7 Å². The van der Waals surface area contributed by atoms with Gasteiger partial charge >= 0.3 is 0 Å². The molecule has 1 saturated carbocycles. The molecule has 2 fully saturated rings. The van der Waals surface area contributed by atoms with E-state index in [1.54, 1.807) is 0 Å². The van der Waals surface area contributed by atoms with Crippen LogP contribution in [0.25, 0.3) is 0 Å². The first-order chi connectivity index (χ1) is 9.28. The zero-order valence-electron chi connectivity index (χ0n) is 11.6. The molecule has 0 bridgehead atoms. The van der Waals surface area contributed by atoms with Gasteiger partial charge in [-0.1, -0.05) is 18.2 Å². The number of benzene rings is 1. The molecule has 0 radical (unpaired) electrons. The standard InChI is InChI=1S/C16H23NO2/c1-2-19-16-6-4-3-5-13(16)10-17-9-12-7-8-15(18)14(12)11-17/h3-6,12,14-15,18H,2,7-11H2,1H3. The highest BCUT2D eigenvalue weighted by molar-refractivity contribution is 5.33. The van der Waals surface area contributed by atoms with Crippen molar-refractivity contribution >= 4 is 0 Å². The fourth-order valence-corrected chi connectivity index (χ4v) is 3.63. The Morgan fingerprint density at radius 2 is 2.11 bits per heavy atom. The largest absolute Gasteiger partial charge is 0.494 e. The van der Waals surface area contributed by atoms with Crippen LogP contribution in [0.4, 0.5) is 0 Å². The van der Waals surface area contributed by atoms with E-state index in [2.05, 4.69) is 17.0 Å². The van der Waals surface area contributed by atoms with Gasteiger partial charge in [-0.2, -0.15) is 0 Å². The summed E-state index contributed by atoms with van der Waals surface area (Å²) < 4.78 is 5.69. The van der Waals surface area contributed by atoms with Crippen LogP contribution in [0.3, 0.4) is 0 Å². The van der Waals surface area contributed by atoms with Crippen molar-refractivity contribution in [2.24, 2.45) is 11.8 Å². The first kappa shape index (κ1) is 12.9. The second-order valence-corrected chi connectivity index (χ2v) is 5.80. The van der Waals surface area contributed by atoms with E-state index >= 15 is 0 Å². The van der Waals surface area contributed by atoms with E-state index in [9.17, 15) is 5.11 Å². The summed E-state index contributed by atoms with van der Waals surface area (Å²) in [6.45, 7) is 5.83. The van der Waals surface area contributed by atoms with Crippen molar-refractivity contribution in [1.82, 2.24) is 4.90 Å². The van der Waals surface area contributed by atoms with Gasteiger partial charge in [0, 0.05) is 31.1 Å². The van der Waals surface area contributed by atoms with Crippen LogP contribution in [-0.4, -0.2) is 35.8 Å². The van der Waals surface area contributed by atoms with Crippen molar-refractivity contribution < 1.29 is 9.84 Å². The van der Waals surface area contributed by atoms with Crippen LogP contribution in [0.2, 0.25) is 0 Å². The van der Waals surface area contributed by atoms with E-state index in [1.807, 2.05) is 19.1 Å². The molecule has 3 heteroatoms. The third-order valence-electron chi connectivity index (χ3n) is 4.56. The minimum Gasteiger partial charge on any atom is -0.494 e. The van der Waals surface area contributed by atoms with Crippen molar-refractivity contribution in [3.05, 3.63) is 29.8 Å². The number of aliphatic hydroxyl groups excluding tert-OH is 1. The van der Waals surface area contributed by atoms with Gasteiger partial charge in [-0.25, -0.2) is 0 Å². The Morgan fingerprint density at radius 3 is 2.89 bits per heavy atom. The smallest absolute Gasteiger partial charge is 0.123 e. The Balaban J connectivity index is 1.66. The molecule has 3 rings (SSSR count). The first-order valence-electron chi connectivity index (χ1n) is 7.39. The zero-order chi connectivity index (χ0) is 13.2. The van der Waals surface area contributed by atoms with Gasteiger partial charge in [-0.3, -0.25) is 4.90 Å². The Morgan fingerprint density at radius 1 is 1.26 bits per heavy atom. The molecule has 0 aromatic heterocycles. The Kier molecular flexibility index (Phi) is 3.76. The molecule has 1 aliphatic carbocycles. The molecule has 19 heavy (non-hydrogen) atoms. The average molecular weight is 261 g/mol. The summed E-state index contributed by atoms with van der Waals surface area (Å²) in [7, 11) is 0. The van der Waals surface area contributed by atoms with Crippen LogP contribution in [0, 0.1) is 11.8 Å². The van der Waals surface area contributed by atoms with Crippen molar-refractivity contribution in [2.45, 2.75) is 32.4 Å². The summed E-state index contributed by atoms with van der Waals surface area (Å²) in [5.74, 6) is 2.20. The van der Waals surface area contributed by atoms with Gasteiger partial charge < -0.3 is 9.84 Å². The molecule has 1 heterocycles. The van der Waals surface area contributed by atoms with Crippen LogP contribution in [-0.2, 0) is 6.54 Å². The predicted molar refractivity (Wildman–Crippen MR) is 75.1 cm³/mol. The molecule has 3 atom stereocenters. The Labute approximate surface area is 115 Å². The number of rotatable bonds is 4. The summed E-state index contributed by atoms with van der Waals surface area (Å²) in [6.07, 6.45) is 2.12. The maximum atomic E-state index is 9.97. The van der Waals surface area contributed by atoms with Gasteiger partial charge in [0.2, 0.25) is 0 Å². The molecule has 0 spiro atoms. The molecular weight excluding hydrogens is 238 g/mol. The summed E-state index contributed by atoms with van der Waals surface area (Å²) in [5, 5.41) is 9.97. The molecule has 1 saturated heterocycles. The lowest BCUT2D eigenvalue weighted by molar-refractivity contribution is 0.123. The van der Waals surface area contributed by atoms with E-state index < -0.39 is 0 Å². The van der Waals surface area contributed by atoms with E-state index in [-0.39, 0.29) is 6.10 Å². The molecule has 0 amide bonds. The van der Waals surface area contributed by atoms with E-state index in [0.29, 0.717) is 18.4 Å². The van der Waals surface area contributed by atoms with Crippen LogP contribution < -0.4 is 4.74 Å². The number of hydrogen-bond donors (Lipinski definition) is 1. The molecule has 2 aliphatic rings. The monoisotopic (exact) mass is 261 g/mol. The summed E-state index contributed by atoms with van der Waals surface area (Å²) >= 11 is 0. The van der Waals surface area contributed by atoms with E-state index in [4.69, 9.17) is 4.74 Å². The molecule has 1 aromatic carbocycles. The zero-order valence-corrected chi connectivity index (χ0v) is 11.6. The third kappa shape index (κ3) is 2.63. The summed E-state index contributed by atoms with van der Waals surface area (Å²) in [5.41, 5.74) is 1.26. The van der Waals surface area contributed by atoms with Gasteiger partial charge in [0.15, 0.2) is 0 Å². The lowest BCUT2D eigenvalue weighted by atomic mass is 10.00. The molecule has 3 nitrogen and oxygen atoms in total. The molecule has 3 unspecified atom stereocenters. The average Bonchev–Trinajstić information content (AvgIpc) is 2.95. The highest BCUT2D eigenvalue weighted by Gasteiger charge is 2.41. The minimum absolute atomic E-state index is 0.0721. The van der Waals surface area contributed by atoms with Gasteiger partial charge in [-0.05, 0) is 31.7 Å². The third-order valence-corrected chi connectivity index (χ3v) is 4.56. The fraction of sp³-hybridized carbons (Fsp3) is 0.625. The predicted octanol–water partition coefficient (Wildman–Crippen LogP) is 2.29. The summed E-state index contributed by atoms with van der Waals surface area (Å²) in [4.78, 5) is 2.47. The molecule has 1 aliphatic heterocycles. The van der Waals surface area contributed by atoms with Gasteiger partial charge in [0.05, 0.1) is 12.7 Å². The van der Waals surface area contributed by atoms with Crippen molar-refractivity contribution in [3.8, 4) is 5.75 Å². The molecule has 104 valence electrons. The lowest BCUT2D eigenvalue weighted by Gasteiger charge is -2.19. The van der Waals surface area contributed by atoms with Crippen molar-refractivity contribution in [1.29, 1.82) is 0 Å². The van der Waals surface area contributed by atoms with E-state index in [1.165, 1.54) is 12.0 Å². The SMILES string of the molecule is CCOc1ccccc1CN1CC2CCC(O)C2C1. The highest BCUT2D eigenvalue weighted by atomic mass is 16.5. The van der Waals surface area contributed by atoms with Crippen molar-refractivity contribution in [2.75, 3.05) is 19.7 Å². The van der Waals surface area contributed by atoms with Crippen LogP contribution in [0.15, 0.2) is 24.3 Å². The highest BCUT2D eigenvalue weighted by Crippen LogP contribution is 2.38. The second kappa shape index (κ2) is 5.51. The number of hydrogen-bond acceptors (Lipinski definition) is 3.